The van der Waals surface area contributed by atoms with E-state index in [1.165, 1.54) is 6.33 Å². The van der Waals surface area contributed by atoms with E-state index in [1.807, 2.05) is 0 Å². The number of hydrogen-bond donors (Lipinski definition) is 2. The minimum Gasteiger partial charge on any atom is -0.493 e. The van der Waals surface area contributed by atoms with Crippen LogP contribution in [0.3, 0.4) is 0 Å². The van der Waals surface area contributed by atoms with Crippen LogP contribution in [0.1, 0.15) is 0 Å². The van der Waals surface area contributed by atoms with Crippen LogP contribution in [-0.2, 0) is 0 Å². The number of hydrogen-bond acceptors (Lipinski definition) is 6. The molecule has 2 N–H and O–H groups in total. The number of fused-ring (bicyclic) bond motifs is 1. The summed E-state index contributed by atoms with van der Waals surface area (Å²) in [6, 6.07) is 9.94. The Morgan fingerprint density at radius 3 is 2.36 bits per heavy atom. The molecule has 0 aliphatic rings. The van der Waals surface area contributed by atoms with Crippen LogP contribution in [0.15, 0.2) is 42.7 Å². The van der Waals surface area contributed by atoms with Crippen molar-refractivity contribution in [3.63, 3.8) is 0 Å². The minimum absolute atomic E-state index is 0.352. The highest BCUT2D eigenvalue weighted by Crippen LogP contribution is 2.35. The molecule has 0 radical (unpaired) electrons. The van der Waals surface area contributed by atoms with Gasteiger partial charge >= 0.3 is 6.09 Å². The zero-order valence-electron chi connectivity index (χ0n) is 13.5. The number of methoxy groups -OCH3 is 2. The molecule has 0 aliphatic heterocycles. The first kappa shape index (κ1) is 16.3. The maximum atomic E-state index is 10.6. The van der Waals surface area contributed by atoms with Gasteiger partial charge in [0.25, 0.3) is 0 Å². The van der Waals surface area contributed by atoms with Gasteiger partial charge < -0.3 is 19.3 Å². The van der Waals surface area contributed by atoms with Gasteiger partial charge in [-0.2, -0.15) is 0 Å². The Morgan fingerprint density at radius 1 is 1.04 bits per heavy atom. The molecule has 3 aromatic rings. The monoisotopic (exact) mass is 341 g/mol. The van der Waals surface area contributed by atoms with Crippen LogP contribution in [-0.4, -0.2) is 35.4 Å². The van der Waals surface area contributed by atoms with E-state index in [1.54, 1.807) is 50.6 Å². The van der Waals surface area contributed by atoms with E-state index >= 15 is 0 Å². The van der Waals surface area contributed by atoms with Crippen LogP contribution in [0.25, 0.3) is 10.9 Å². The normalized spacial score (nSPS) is 10.3. The van der Waals surface area contributed by atoms with Crippen LogP contribution < -0.4 is 19.5 Å². The number of carboxylic acid groups (broad SMARTS) is 1. The number of amides is 1. The fourth-order valence-electron chi connectivity index (χ4n) is 2.28. The van der Waals surface area contributed by atoms with Gasteiger partial charge in [0.05, 0.1) is 25.1 Å². The lowest BCUT2D eigenvalue weighted by Gasteiger charge is -2.11. The van der Waals surface area contributed by atoms with Gasteiger partial charge in [0.15, 0.2) is 11.5 Å². The Labute approximate surface area is 143 Å². The predicted octanol–water partition coefficient (Wildman–Crippen LogP) is 3.53. The van der Waals surface area contributed by atoms with Gasteiger partial charge in [0.1, 0.15) is 12.1 Å². The molecule has 1 aromatic heterocycles. The molecule has 0 atom stereocenters. The summed E-state index contributed by atoms with van der Waals surface area (Å²) in [6.07, 6.45) is 0.265. The van der Waals surface area contributed by atoms with E-state index in [0.29, 0.717) is 39.7 Å². The van der Waals surface area contributed by atoms with Gasteiger partial charge in [-0.3, -0.25) is 5.32 Å². The number of rotatable bonds is 5. The van der Waals surface area contributed by atoms with Crippen LogP contribution in [0.2, 0.25) is 0 Å². The second-order valence-corrected chi connectivity index (χ2v) is 4.96. The summed E-state index contributed by atoms with van der Waals surface area (Å²) in [6.45, 7) is 0. The van der Waals surface area contributed by atoms with Crippen molar-refractivity contribution in [2.45, 2.75) is 0 Å². The second-order valence-electron chi connectivity index (χ2n) is 4.96. The SMILES string of the molecule is COc1cc2ncnc(Oc3ccc(NC(=O)O)cc3)c2cc1OC. The first-order valence-corrected chi connectivity index (χ1v) is 7.25. The molecular formula is C17H15N3O5. The summed E-state index contributed by atoms with van der Waals surface area (Å²) < 4.78 is 16.4. The summed E-state index contributed by atoms with van der Waals surface area (Å²) >= 11 is 0. The molecule has 0 spiro atoms. The highest BCUT2D eigenvalue weighted by molar-refractivity contribution is 5.87. The third-order valence-corrected chi connectivity index (χ3v) is 3.42. The Balaban J connectivity index is 1.94. The third-order valence-electron chi connectivity index (χ3n) is 3.42. The van der Waals surface area contributed by atoms with Gasteiger partial charge in [-0.25, -0.2) is 14.8 Å². The number of aromatic nitrogens is 2. The number of carbonyl (C=O) groups is 1. The summed E-state index contributed by atoms with van der Waals surface area (Å²) in [5.41, 5.74) is 1.09. The molecule has 0 bridgehead atoms. The fraction of sp³-hybridized carbons (Fsp3) is 0.118. The maximum Gasteiger partial charge on any atom is 0.409 e. The number of benzene rings is 2. The zero-order chi connectivity index (χ0) is 17.8. The molecule has 25 heavy (non-hydrogen) atoms. The van der Waals surface area contributed by atoms with Crippen molar-refractivity contribution in [1.29, 1.82) is 0 Å². The summed E-state index contributed by atoms with van der Waals surface area (Å²) in [5, 5.41) is 11.6. The van der Waals surface area contributed by atoms with Crippen LogP contribution in [0.4, 0.5) is 10.5 Å². The van der Waals surface area contributed by atoms with Crippen molar-refractivity contribution in [3.8, 4) is 23.1 Å². The molecule has 0 saturated carbocycles. The van der Waals surface area contributed by atoms with Gasteiger partial charge in [-0.15, -0.1) is 0 Å². The predicted molar refractivity (Wildman–Crippen MR) is 90.8 cm³/mol. The number of anilines is 1. The van der Waals surface area contributed by atoms with Crippen molar-refractivity contribution in [1.82, 2.24) is 9.97 Å². The maximum absolute atomic E-state index is 10.6. The van der Waals surface area contributed by atoms with Crippen molar-refractivity contribution < 1.29 is 24.1 Å². The Kier molecular flexibility index (Phi) is 4.51. The lowest BCUT2D eigenvalue weighted by Crippen LogP contribution is -2.06. The van der Waals surface area contributed by atoms with Crippen molar-refractivity contribution in [2.75, 3.05) is 19.5 Å². The van der Waals surface area contributed by atoms with Crippen molar-refractivity contribution >= 4 is 22.7 Å². The molecule has 1 amide bonds. The number of nitrogens with one attached hydrogen (secondary N) is 1. The van der Waals surface area contributed by atoms with Crippen LogP contribution in [0, 0.1) is 0 Å². The number of ether oxygens (including phenoxy) is 3. The molecule has 8 heteroatoms. The first-order valence-electron chi connectivity index (χ1n) is 7.25. The molecule has 2 aromatic carbocycles. The molecule has 8 nitrogen and oxygen atoms in total. The molecule has 1 heterocycles. The standard InChI is InChI=1S/C17H15N3O5/c1-23-14-7-12-13(8-15(14)24-2)18-9-19-16(12)25-11-5-3-10(4-6-11)20-17(21)22/h3-9,20H,1-2H3,(H,21,22). The number of nitrogens with zero attached hydrogens (tertiary/aromatic N) is 2. The molecule has 0 unspecified atom stereocenters. The zero-order valence-corrected chi connectivity index (χ0v) is 13.5. The van der Waals surface area contributed by atoms with Gasteiger partial charge in [0, 0.05) is 11.8 Å². The van der Waals surface area contributed by atoms with Gasteiger partial charge in [-0.05, 0) is 30.3 Å². The lowest BCUT2D eigenvalue weighted by atomic mass is 10.2. The molecule has 0 aliphatic carbocycles. The van der Waals surface area contributed by atoms with E-state index < -0.39 is 6.09 Å². The average molecular weight is 341 g/mol. The summed E-state index contributed by atoms with van der Waals surface area (Å²) in [7, 11) is 3.09. The van der Waals surface area contributed by atoms with Crippen LogP contribution >= 0.6 is 0 Å². The minimum atomic E-state index is -1.13. The van der Waals surface area contributed by atoms with Crippen LogP contribution in [0.5, 0.6) is 23.1 Å². The van der Waals surface area contributed by atoms with E-state index in [4.69, 9.17) is 19.3 Å². The van der Waals surface area contributed by atoms with E-state index in [0.717, 1.165) is 0 Å². The molecule has 3 rings (SSSR count). The smallest absolute Gasteiger partial charge is 0.409 e. The molecule has 0 saturated heterocycles. The molecule has 0 fully saturated rings. The van der Waals surface area contributed by atoms with Crippen molar-refractivity contribution in [3.05, 3.63) is 42.7 Å². The van der Waals surface area contributed by atoms with Gasteiger partial charge in [-0.1, -0.05) is 0 Å². The third kappa shape index (κ3) is 3.52. The van der Waals surface area contributed by atoms with E-state index in [-0.39, 0.29) is 0 Å². The van der Waals surface area contributed by atoms with E-state index in [9.17, 15) is 4.79 Å². The highest BCUT2D eigenvalue weighted by Gasteiger charge is 2.12. The van der Waals surface area contributed by atoms with Gasteiger partial charge in [0.2, 0.25) is 5.88 Å². The quantitative estimate of drug-likeness (QED) is 0.731. The first-order chi connectivity index (χ1) is 12.1. The fourth-order valence-corrected chi connectivity index (χ4v) is 2.28. The topological polar surface area (TPSA) is 103 Å². The highest BCUT2D eigenvalue weighted by atomic mass is 16.5. The van der Waals surface area contributed by atoms with Crippen molar-refractivity contribution in [2.24, 2.45) is 0 Å². The largest absolute Gasteiger partial charge is 0.493 e. The Hall–Kier alpha value is -3.55. The molecular weight excluding hydrogens is 326 g/mol. The second kappa shape index (κ2) is 6.91. The summed E-state index contributed by atoms with van der Waals surface area (Å²) in [4.78, 5) is 19.0. The Morgan fingerprint density at radius 2 is 1.72 bits per heavy atom. The molecule has 128 valence electrons. The summed E-state index contributed by atoms with van der Waals surface area (Å²) in [5.74, 6) is 1.95. The average Bonchev–Trinajstić information content (AvgIpc) is 2.62. The van der Waals surface area contributed by atoms with E-state index in [2.05, 4.69) is 15.3 Å². The Bertz CT molecular complexity index is 912. The lowest BCUT2D eigenvalue weighted by molar-refractivity contribution is 0.209.